The first-order valence-corrected chi connectivity index (χ1v) is 7.40. The van der Waals surface area contributed by atoms with Crippen LogP contribution in [0, 0.1) is 11.3 Å². The predicted molar refractivity (Wildman–Crippen MR) is 77.8 cm³/mol. The van der Waals surface area contributed by atoms with Crippen LogP contribution in [0.1, 0.15) is 19.8 Å². The summed E-state index contributed by atoms with van der Waals surface area (Å²) >= 11 is 3.34. The Labute approximate surface area is 122 Å². The summed E-state index contributed by atoms with van der Waals surface area (Å²) in [5.41, 5.74) is 0. The molecule has 0 saturated carbocycles. The molecule has 1 atom stereocenters. The van der Waals surface area contributed by atoms with Gasteiger partial charge in [-0.25, -0.2) is 9.97 Å². The molecule has 1 unspecified atom stereocenters. The van der Waals surface area contributed by atoms with Crippen LogP contribution in [0.25, 0.3) is 0 Å². The minimum absolute atomic E-state index is 0.0537. The predicted octanol–water partition coefficient (Wildman–Crippen LogP) is 2.05. The van der Waals surface area contributed by atoms with Crippen molar-refractivity contribution in [1.82, 2.24) is 14.9 Å². The van der Waals surface area contributed by atoms with Crippen molar-refractivity contribution in [3.05, 3.63) is 16.9 Å². The van der Waals surface area contributed by atoms with E-state index < -0.39 is 0 Å². The zero-order valence-electron chi connectivity index (χ0n) is 11.1. The molecule has 0 N–H and O–H groups in total. The molecule has 1 aliphatic heterocycles. The maximum absolute atomic E-state index is 9.19. The number of hydrogen-bond acceptors (Lipinski definition) is 5. The zero-order valence-corrected chi connectivity index (χ0v) is 12.7. The first-order valence-electron chi connectivity index (χ1n) is 6.60. The lowest BCUT2D eigenvalue weighted by Crippen LogP contribution is -2.50. The van der Waals surface area contributed by atoms with Crippen molar-refractivity contribution in [2.75, 3.05) is 31.1 Å². The van der Waals surface area contributed by atoms with Gasteiger partial charge in [0.15, 0.2) is 0 Å². The second kappa shape index (κ2) is 6.83. The van der Waals surface area contributed by atoms with Crippen LogP contribution in [-0.2, 0) is 0 Å². The Kier molecular flexibility index (Phi) is 5.11. The van der Waals surface area contributed by atoms with Crippen LogP contribution in [0.15, 0.2) is 16.9 Å². The van der Waals surface area contributed by atoms with Gasteiger partial charge in [0.2, 0.25) is 5.95 Å². The van der Waals surface area contributed by atoms with Crippen LogP contribution in [0.4, 0.5) is 5.95 Å². The van der Waals surface area contributed by atoms with Crippen LogP contribution < -0.4 is 4.90 Å². The van der Waals surface area contributed by atoms with E-state index in [0.717, 1.165) is 49.4 Å². The quantitative estimate of drug-likeness (QED) is 0.848. The van der Waals surface area contributed by atoms with E-state index in [-0.39, 0.29) is 6.04 Å². The first kappa shape index (κ1) is 14.2. The van der Waals surface area contributed by atoms with Gasteiger partial charge in [0, 0.05) is 38.6 Å². The average molecular weight is 324 g/mol. The van der Waals surface area contributed by atoms with Crippen molar-refractivity contribution >= 4 is 21.9 Å². The topological polar surface area (TPSA) is 56.1 Å². The largest absolute Gasteiger partial charge is 0.338 e. The van der Waals surface area contributed by atoms with Gasteiger partial charge in [-0.15, -0.1) is 0 Å². The summed E-state index contributed by atoms with van der Waals surface area (Å²) in [4.78, 5) is 13.1. The number of piperazine rings is 1. The molecule has 0 aromatic carbocycles. The number of halogens is 1. The highest BCUT2D eigenvalue weighted by Gasteiger charge is 2.24. The molecule has 2 rings (SSSR count). The lowest BCUT2D eigenvalue weighted by molar-refractivity contribution is 0.210. The summed E-state index contributed by atoms with van der Waals surface area (Å²) in [5, 5.41) is 9.19. The molecule has 1 saturated heterocycles. The summed E-state index contributed by atoms with van der Waals surface area (Å²) in [7, 11) is 0. The Morgan fingerprint density at radius 3 is 2.47 bits per heavy atom. The van der Waals surface area contributed by atoms with Crippen molar-refractivity contribution in [3.8, 4) is 6.07 Å². The van der Waals surface area contributed by atoms with Gasteiger partial charge in [0.05, 0.1) is 16.6 Å². The highest BCUT2D eigenvalue weighted by Crippen LogP contribution is 2.15. The number of aromatic nitrogens is 2. The summed E-state index contributed by atoms with van der Waals surface area (Å²) in [6.45, 7) is 5.68. The van der Waals surface area contributed by atoms with E-state index >= 15 is 0 Å². The van der Waals surface area contributed by atoms with Gasteiger partial charge in [-0.2, -0.15) is 5.26 Å². The van der Waals surface area contributed by atoms with Crippen molar-refractivity contribution in [2.24, 2.45) is 0 Å². The molecule has 102 valence electrons. The van der Waals surface area contributed by atoms with Crippen molar-refractivity contribution in [1.29, 1.82) is 5.26 Å². The molecule has 1 aliphatic rings. The lowest BCUT2D eigenvalue weighted by Gasteiger charge is -2.36. The summed E-state index contributed by atoms with van der Waals surface area (Å²) < 4.78 is 0.891. The van der Waals surface area contributed by atoms with E-state index in [4.69, 9.17) is 0 Å². The number of anilines is 1. The van der Waals surface area contributed by atoms with Crippen LogP contribution in [-0.4, -0.2) is 47.1 Å². The van der Waals surface area contributed by atoms with Crippen molar-refractivity contribution in [2.45, 2.75) is 25.8 Å². The second-order valence-electron chi connectivity index (χ2n) is 4.66. The van der Waals surface area contributed by atoms with Gasteiger partial charge in [-0.05, 0) is 22.4 Å². The van der Waals surface area contributed by atoms with Crippen LogP contribution >= 0.6 is 15.9 Å². The third kappa shape index (κ3) is 3.64. The molecule has 19 heavy (non-hydrogen) atoms. The lowest BCUT2D eigenvalue weighted by atomic mass is 10.1. The van der Waals surface area contributed by atoms with Gasteiger partial charge in [-0.1, -0.05) is 13.3 Å². The minimum Gasteiger partial charge on any atom is -0.338 e. The number of nitrogens with zero attached hydrogens (tertiary/aromatic N) is 5. The van der Waals surface area contributed by atoms with Crippen molar-refractivity contribution in [3.63, 3.8) is 0 Å². The molecule has 5 nitrogen and oxygen atoms in total. The molecule has 0 aliphatic carbocycles. The van der Waals surface area contributed by atoms with Crippen molar-refractivity contribution < 1.29 is 0 Å². The SMILES string of the molecule is CCCC(C#N)N1CCN(c2ncc(Br)cn2)CC1. The molecule has 0 bridgehead atoms. The minimum atomic E-state index is 0.0537. The molecule has 6 heteroatoms. The molecule has 0 spiro atoms. The van der Waals surface area contributed by atoms with Crippen LogP contribution in [0.2, 0.25) is 0 Å². The normalized spacial score (nSPS) is 18.1. The average Bonchev–Trinajstić information content (AvgIpc) is 2.46. The molecule has 2 heterocycles. The Morgan fingerprint density at radius 2 is 1.95 bits per heavy atom. The maximum Gasteiger partial charge on any atom is 0.225 e. The Morgan fingerprint density at radius 1 is 1.32 bits per heavy atom. The molecular formula is C13H18BrN5. The Balaban J connectivity index is 1.92. The van der Waals surface area contributed by atoms with E-state index in [2.05, 4.69) is 48.7 Å². The molecule has 1 fully saturated rings. The van der Waals surface area contributed by atoms with E-state index in [0.29, 0.717) is 0 Å². The monoisotopic (exact) mass is 323 g/mol. The van der Waals surface area contributed by atoms with Gasteiger partial charge < -0.3 is 4.90 Å². The third-order valence-electron chi connectivity index (χ3n) is 3.36. The summed E-state index contributed by atoms with van der Waals surface area (Å²) in [6, 6.07) is 2.46. The molecular weight excluding hydrogens is 306 g/mol. The number of rotatable bonds is 4. The first-order chi connectivity index (χ1) is 9.24. The molecule has 0 amide bonds. The second-order valence-corrected chi connectivity index (χ2v) is 5.57. The van der Waals surface area contributed by atoms with Gasteiger partial charge in [0.25, 0.3) is 0 Å². The summed E-state index contributed by atoms with van der Waals surface area (Å²) in [5.74, 6) is 0.770. The molecule has 1 aromatic rings. The van der Waals surface area contributed by atoms with Crippen LogP contribution in [0.5, 0.6) is 0 Å². The smallest absolute Gasteiger partial charge is 0.225 e. The standard InChI is InChI=1S/C13H18BrN5/c1-2-3-12(8-15)18-4-6-19(7-5-18)13-16-9-11(14)10-17-13/h9-10,12H,2-7H2,1H3. The third-order valence-corrected chi connectivity index (χ3v) is 3.77. The maximum atomic E-state index is 9.19. The van der Waals surface area contributed by atoms with E-state index in [9.17, 15) is 5.26 Å². The zero-order chi connectivity index (χ0) is 13.7. The number of nitriles is 1. The van der Waals surface area contributed by atoms with Gasteiger partial charge in [0.1, 0.15) is 0 Å². The summed E-state index contributed by atoms with van der Waals surface area (Å²) in [6.07, 6.45) is 5.54. The van der Waals surface area contributed by atoms with E-state index in [1.807, 2.05) is 0 Å². The molecule has 1 aromatic heterocycles. The van der Waals surface area contributed by atoms with E-state index in [1.54, 1.807) is 12.4 Å². The fourth-order valence-corrected chi connectivity index (χ4v) is 2.51. The highest BCUT2D eigenvalue weighted by molar-refractivity contribution is 9.10. The van der Waals surface area contributed by atoms with Crippen LogP contribution in [0.3, 0.4) is 0 Å². The number of hydrogen-bond donors (Lipinski definition) is 0. The fraction of sp³-hybridized carbons (Fsp3) is 0.615. The fourth-order valence-electron chi connectivity index (χ4n) is 2.30. The van der Waals surface area contributed by atoms with E-state index in [1.165, 1.54) is 0 Å². The highest BCUT2D eigenvalue weighted by atomic mass is 79.9. The van der Waals surface area contributed by atoms with Gasteiger partial charge in [-0.3, -0.25) is 4.90 Å². The Bertz CT molecular complexity index is 433. The molecule has 0 radical (unpaired) electrons. The van der Waals surface area contributed by atoms with Gasteiger partial charge >= 0.3 is 0 Å². The Hall–Kier alpha value is -1.19.